The highest BCUT2D eigenvalue weighted by molar-refractivity contribution is 14.0. The smallest absolute Gasteiger partial charge is 0.269 e. The first-order valence-corrected chi connectivity index (χ1v) is 10.3. The average Bonchev–Trinajstić information content (AvgIpc) is 3.13. The lowest BCUT2D eigenvalue weighted by Crippen LogP contribution is -2.67. The fraction of sp³-hybridized carbons (Fsp3) is 0.667. The quantitative estimate of drug-likeness (QED) is 0.137. The number of non-ortho nitro benzene ring substituents is 1. The molecule has 1 aliphatic heterocycles. The lowest BCUT2D eigenvalue weighted by atomic mass is 9.57. The highest BCUT2D eigenvalue weighted by Crippen LogP contribution is 2.52. The summed E-state index contributed by atoms with van der Waals surface area (Å²) >= 11 is 0. The van der Waals surface area contributed by atoms with Crippen LogP contribution in [0, 0.1) is 21.4 Å². The second kappa shape index (κ2) is 10.6. The Kier molecular flexibility index (Phi) is 8.69. The van der Waals surface area contributed by atoms with E-state index < -0.39 is 0 Å². The molecular weight excluding hydrogens is 483 g/mol. The number of ether oxygens (including phenoxy) is 1. The number of fused-ring (bicyclic) bond motifs is 1. The number of guanidine groups is 1. The summed E-state index contributed by atoms with van der Waals surface area (Å²) in [4.78, 5) is 15.1. The van der Waals surface area contributed by atoms with Crippen LogP contribution < -0.4 is 10.6 Å². The van der Waals surface area contributed by atoms with E-state index in [1.807, 2.05) is 12.1 Å². The van der Waals surface area contributed by atoms with Gasteiger partial charge in [0, 0.05) is 49.2 Å². The van der Waals surface area contributed by atoms with Gasteiger partial charge in [-0.3, -0.25) is 15.1 Å². The number of hydrogen-bond acceptors (Lipinski definition) is 4. The van der Waals surface area contributed by atoms with Crippen LogP contribution in [0.5, 0.6) is 0 Å². The van der Waals surface area contributed by atoms with E-state index in [1.54, 1.807) is 12.1 Å². The van der Waals surface area contributed by atoms with E-state index in [0.717, 1.165) is 56.9 Å². The molecule has 1 heterocycles. The van der Waals surface area contributed by atoms with E-state index >= 15 is 0 Å². The molecule has 0 radical (unpaired) electrons. The highest BCUT2D eigenvalue weighted by atomic mass is 127. The topological polar surface area (TPSA) is 88.8 Å². The summed E-state index contributed by atoms with van der Waals surface area (Å²) in [6, 6.07) is 7.22. The average molecular weight is 516 g/mol. The molecule has 7 nitrogen and oxygen atoms in total. The molecule has 2 N–H and O–H groups in total. The van der Waals surface area contributed by atoms with Gasteiger partial charge in [-0.2, -0.15) is 0 Å². The Balaban J connectivity index is 0.00000300. The van der Waals surface area contributed by atoms with Crippen molar-refractivity contribution in [2.24, 2.45) is 16.3 Å². The predicted octanol–water partition coefficient (Wildman–Crippen LogP) is 3.90. The maximum atomic E-state index is 10.7. The van der Waals surface area contributed by atoms with Crippen molar-refractivity contribution < 1.29 is 9.66 Å². The standard InChI is InChI=1S/C21H32N4O3.HI/c1-4-22-20(24-18-17-12-14-28-19(17)21(18,2)3)23-13-6-5-7-15-8-10-16(11-9-15)25(26)27;/h8-11,17-19H,4-7,12-14H2,1-3H3,(H2,22,23,24);1H. The van der Waals surface area contributed by atoms with Crippen LogP contribution in [-0.2, 0) is 11.2 Å². The zero-order valence-corrected chi connectivity index (χ0v) is 19.8. The number of benzene rings is 1. The summed E-state index contributed by atoms with van der Waals surface area (Å²) in [5.41, 5.74) is 1.40. The third-order valence-electron chi connectivity index (χ3n) is 6.03. The van der Waals surface area contributed by atoms with Gasteiger partial charge < -0.3 is 15.4 Å². The molecule has 1 saturated carbocycles. The number of aliphatic imine (C=N–C) groups is 1. The fourth-order valence-electron chi connectivity index (χ4n) is 4.50. The molecule has 1 aromatic carbocycles. The molecule has 0 spiro atoms. The molecule has 3 atom stereocenters. The zero-order valence-electron chi connectivity index (χ0n) is 17.5. The molecule has 2 fully saturated rings. The molecule has 1 aromatic rings. The van der Waals surface area contributed by atoms with Crippen LogP contribution >= 0.6 is 24.0 Å². The second-order valence-electron chi connectivity index (χ2n) is 8.33. The van der Waals surface area contributed by atoms with Crippen molar-refractivity contribution in [2.45, 2.75) is 58.6 Å². The summed E-state index contributed by atoms with van der Waals surface area (Å²) in [6.45, 7) is 9.09. The van der Waals surface area contributed by atoms with E-state index in [0.29, 0.717) is 18.1 Å². The molecule has 2 aliphatic rings. The minimum Gasteiger partial charge on any atom is -0.377 e. The largest absolute Gasteiger partial charge is 0.377 e. The van der Waals surface area contributed by atoms with E-state index in [-0.39, 0.29) is 40.0 Å². The van der Waals surface area contributed by atoms with Crippen molar-refractivity contribution in [2.75, 3.05) is 19.7 Å². The molecule has 1 saturated heterocycles. The molecule has 3 unspecified atom stereocenters. The zero-order chi connectivity index (χ0) is 20.1. The van der Waals surface area contributed by atoms with Gasteiger partial charge in [0.2, 0.25) is 0 Å². The number of rotatable bonds is 8. The van der Waals surface area contributed by atoms with Crippen LogP contribution in [0.2, 0.25) is 0 Å². The molecule has 8 heteroatoms. The second-order valence-corrected chi connectivity index (χ2v) is 8.33. The summed E-state index contributed by atoms with van der Waals surface area (Å²) in [6.07, 6.45) is 4.40. The summed E-state index contributed by atoms with van der Waals surface area (Å²) in [5, 5.41) is 17.7. The third kappa shape index (κ3) is 5.59. The Morgan fingerprint density at radius 1 is 1.31 bits per heavy atom. The van der Waals surface area contributed by atoms with Crippen molar-refractivity contribution in [1.82, 2.24) is 10.6 Å². The monoisotopic (exact) mass is 516 g/mol. The van der Waals surface area contributed by atoms with Gasteiger partial charge in [0.15, 0.2) is 5.96 Å². The SMILES string of the molecule is CCNC(=NCCCCc1ccc([N+](=O)[O-])cc1)NC1C2CCOC2C1(C)C.I. The van der Waals surface area contributed by atoms with E-state index in [2.05, 4.69) is 31.4 Å². The lowest BCUT2D eigenvalue weighted by Gasteiger charge is -2.54. The number of nitrogens with one attached hydrogen (secondary N) is 2. The van der Waals surface area contributed by atoms with Crippen molar-refractivity contribution in [3.63, 3.8) is 0 Å². The van der Waals surface area contributed by atoms with Crippen molar-refractivity contribution in [1.29, 1.82) is 0 Å². The van der Waals surface area contributed by atoms with E-state index in [4.69, 9.17) is 9.73 Å². The number of unbranched alkanes of at least 4 members (excludes halogenated alkanes) is 1. The summed E-state index contributed by atoms with van der Waals surface area (Å²) in [5.74, 6) is 1.47. The van der Waals surface area contributed by atoms with Crippen molar-refractivity contribution in [3.8, 4) is 0 Å². The van der Waals surface area contributed by atoms with Gasteiger partial charge in [-0.1, -0.05) is 26.0 Å². The molecule has 3 rings (SSSR count). The first-order chi connectivity index (χ1) is 13.4. The Hall–Kier alpha value is -1.42. The third-order valence-corrected chi connectivity index (χ3v) is 6.03. The number of aryl methyl sites for hydroxylation is 1. The van der Waals surface area contributed by atoms with Crippen molar-refractivity contribution in [3.05, 3.63) is 39.9 Å². The number of nitro benzene ring substituents is 1. The van der Waals surface area contributed by atoms with Gasteiger partial charge in [-0.05, 0) is 38.2 Å². The maximum absolute atomic E-state index is 10.7. The molecule has 1 aliphatic carbocycles. The van der Waals surface area contributed by atoms with E-state index in [1.165, 1.54) is 0 Å². The van der Waals surface area contributed by atoms with Gasteiger partial charge in [0.1, 0.15) is 0 Å². The first-order valence-electron chi connectivity index (χ1n) is 10.3. The van der Waals surface area contributed by atoms with Crippen LogP contribution in [-0.4, -0.2) is 42.7 Å². The predicted molar refractivity (Wildman–Crippen MR) is 126 cm³/mol. The minimum atomic E-state index is -0.364. The fourth-order valence-corrected chi connectivity index (χ4v) is 4.50. The minimum absolute atomic E-state index is 0. The first kappa shape index (κ1) is 23.9. The van der Waals surface area contributed by atoms with Gasteiger partial charge >= 0.3 is 0 Å². The van der Waals surface area contributed by atoms with Crippen molar-refractivity contribution >= 4 is 35.6 Å². The molecule has 0 amide bonds. The summed E-state index contributed by atoms with van der Waals surface area (Å²) in [7, 11) is 0. The molecule has 0 bridgehead atoms. The van der Waals surface area contributed by atoms with Gasteiger partial charge in [0.05, 0.1) is 11.0 Å². The molecular formula is C21H33IN4O3. The molecule has 162 valence electrons. The van der Waals surface area contributed by atoms with Crippen LogP contribution in [0.25, 0.3) is 0 Å². The van der Waals surface area contributed by atoms with Crippen LogP contribution in [0.1, 0.15) is 45.6 Å². The molecule has 29 heavy (non-hydrogen) atoms. The van der Waals surface area contributed by atoms with E-state index in [9.17, 15) is 10.1 Å². The highest BCUT2D eigenvalue weighted by Gasteiger charge is 2.59. The lowest BCUT2D eigenvalue weighted by molar-refractivity contribution is -0.384. The number of halogens is 1. The summed E-state index contributed by atoms with van der Waals surface area (Å²) < 4.78 is 5.88. The van der Waals surface area contributed by atoms with Gasteiger partial charge in [-0.15, -0.1) is 24.0 Å². The number of hydrogen-bond donors (Lipinski definition) is 2. The Morgan fingerprint density at radius 2 is 2.03 bits per heavy atom. The Bertz CT molecular complexity index is 708. The normalized spacial score (nSPS) is 24.8. The molecule has 0 aromatic heterocycles. The van der Waals surface area contributed by atoms with Gasteiger partial charge in [-0.25, -0.2) is 0 Å². The van der Waals surface area contributed by atoms with Crippen LogP contribution in [0.3, 0.4) is 0 Å². The maximum Gasteiger partial charge on any atom is 0.269 e. The Labute approximate surface area is 190 Å². The van der Waals surface area contributed by atoms with Gasteiger partial charge in [0.25, 0.3) is 5.69 Å². The number of nitrogens with zero attached hydrogens (tertiary/aromatic N) is 2. The van der Waals surface area contributed by atoms with Crippen LogP contribution in [0.15, 0.2) is 29.3 Å². The number of nitro groups is 1. The van der Waals surface area contributed by atoms with Crippen LogP contribution in [0.4, 0.5) is 5.69 Å². The Morgan fingerprint density at radius 3 is 2.69 bits per heavy atom.